The second-order valence-corrected chi connectivity index (χ2v) is 7.30. The van der Waals surface area contributed by atoms with Gasteiger partial charge in [0.25, 0.3) is 5.91 Å². The number of amides is 1. The predicted molar refractivity (Wildman–Crippen MR) is 81.8 cm³/mol. The van der Waals surface area contributed by atoms with Crippen LogP contribution < -0.4 is 10.0 Å². The summed E-state index contributed by atoms with van der Waals surface area (Å²) in [5, 5.41) is 5.26. The molecule has 0 saturated carbocycles. The number of carbonyl (C=O) groups excluding carboxylic acids is 1. The van der Waals surface area contributed by atoms with Crippen LogP contribution in [0.2, 0.25) is 0 Å². The van der Waals surface area contributed by atoms with Gasteiger partial charge in [0, 0.05) is 32.7 Å². The second kappa shape index (κ2) is 5.65. The molecule has 1 unspecified atom stereocenters. The Bertz CT molecular complexity index is 655. The lowest BCUT2D eigenvalue weighted by Gasteiger charge is -2.19. The third-order valence-corrected chi connectivity index (χ3v) is 4.65. The van der Waals surface area contributed by atoms with E-state index in [4.69, 9.17) is 5.14 Å². The van der Waals surface area contributed by atoms with Gasteiger partial charge in [-0.15, -0.1) is 0 Å². The zero-order chi connectivity index (χ0) is 15.8. The smallest absolute Gasteiger partial charge is 0.253 e. The molecule has 0 aliphatic carbocycles. The molecule has 6 nitrogen and oxygen atoms in total. The lowest BCUT2D eigenvalue weighted by Crippen LogP contribution is -2.29. The molecule has 0 aromatic heterocycles. The quantitative estimate of drug-likeness (QED) is 0.898. The van der Waals surface area contributed by atoms with Crippen molar-refractivity contribution in [2.45, 2.75) is 18.2 Å². The molecular weight excluding hydrogens is 290 g/mol. The molecule has 1 atom stereocenters. The minimum absolute atomic E-state index is 0.0226. The van der Waals surface area contributed by atoms with E-state index in [1.54, 1.807) is 36.0 Å². The molecule has 1 amide bonds. The number of primary sulfonamides is 1. The molecule has 7 heteroatoms. The molecule has 1 aromatic carbocycles. The first-order valence-corrected chi connectivity index (χ1v) is 8.38. The Morgan fingerprint density at radius 2 is 2.05 bits per heavy atom. The zero-order valence-corrected chi connectivity index (χ0v) is 13.4. The number of benzene rings is 1. The molecule has 21 heavy (non-hydrogen) atoms. The molecule has 1 heterocycles. The molecule has 2 N–H and O–H groups in total. The van der Waals surface area contributed by atoms with Crippen LogP contribution >= 0.6 is 0 Å². The van der Waals surface area contributed by atoms with Gasteiger partial charge in [-0.2, -0.15) is 0 Å². The number of nitrogens with zero attached hydrogens (tertiary/aromatic N) is 2. The van der Waals surface area contributed by atoms with E-state index in [1.807, 2.05) is 0 Å². The van der Waals surface area contributed by atoms with Gasteiger partial charge in [0.05, 0.1) is 5.69 Å². The maximum absolute atomic E-state index is 12.4. The highest BCUT2D eigenvalue weighted by molar-refractivity contribution is 7.89. The van der Waals surface area contributed by atoms with Crippen LogP contribution in [0, 0.1) is 5.92 Å². The number of carbonyl (C=O) groups is 1. The van der Waals surface area contributed by atoms with Crippen molar-refractivity contribution in [3.05, 3.63) is 23.8 Å². The van der Waals surface area contributed by atoms with E-state index >= 15 is 0 Å². The Hall–Kier alpha value is -1.60. The summed E-state index contributed by atoms with van der Waals surface area (Å²) in [5.74, 6) is 0.335. The van der Waals surface area contributed by atoms with Crippen LogP contribution in [0.15, 0.2) is 23.1 Å². The largest absolute Gasteiger partial charge is 0.377 e. The van der Waals surface area contributed by atoms with Crippen LogP contribution in [0.5, 0.6) is 0 Å². The number of rotatable bonds is 3. The molecule has 1 aliphatic heterocycles. The first-order chi connectivity index (χ1) is 9.70. The minimum atomic E-state index is -3.88. The first-order valence-electron chi connectivity index (χ1n) is 6.83. The number of anilines is 1. The zero-order valence-electron chi connectivity index (χ0n) is 12.5. The van der Waals surface area contributed by atoms with Crippen molar-refractivity contribution >= 4 is 21.6 Å². The molecule has 1 aromatic rings. The van der Waals surface area contributed by atoms with E-state index in [1.165, 1.54) is 6.07 Å². The summed E-state index contributed by atoms with van der Waals surface area (Å²) in [7, 11) is -0.422. The lowest BCUT2D eigenvalue weighted by molar-refractivity contribution is 0.0788. The highest BCUT2D eigenvalue weighted by Crippen LogP contribution is 2.26. The maximum Gasteiger partial charge on any atom is 0.253 e. The van der Waals surface area contributed by atoms with Gasteiger partial charge in [0.2, 0.25) is 10.0 Å². The number of sulfonamides is 1. The van der Waals surface area contributed by atoms with E-state index in [2.05, 4.69) is 6.92 Å². The highest BCUT2D eigenvalue weighted by Gasteiger charge is 2.26. The topological polar surface area (TPSA) is 83.7 Å². The van der Waals surface area contributed by atoms with Gasteiger partial charge in [-0.25, -0.2) is 13.6 Å². The van der Waals surface area contributed by atoms with E-state index in [-0.39, 0.29) is 10.8 Å². The van der Waals surface area contributed by atoms with Crippen LogP contribution in [0.3, 0.4) is 0 Å². The minimum Gasteiger partial charge on any atom is -0.377 e. The van der Waals surface area contributed by atoms with Crippen LogP contribution in [-0.4, -0.2) is 46.4 Å². The Morgan fingerprint density at radius 1 is 1.38 bits per heavy atom. The summed E-state index contributed by atoms with van der Waals surface area (Å²) in [5.41, 5.74) is 0.836. The average molecular weight is 311 g/mol. The normalized spacial score (nSPS) is 18.9. The molecule has 0 radical (unpaired) electrons. The average Bonchev–Trinajstić information content (AvgIpc) is 2.82. The summed E-state index contributed by atoms with van der Waals surface area (Å²) in [6.45, 7) is 3.51. The van der Waals surface area contributed by atoms with E-state index in [9.17, 15) is 13.2 Å². The van der Waals surface area contributed by atoms with Gasteiger partial charge in [-0.3, -0.25) is 4.79 Å². The van der Waals surface area contributed by atoms with Crippen molar-refractivity contribution < 1.29 is 13.2 Å². The van der Waals surface area contributed by atoms with E-state index in [0.717, 1.165) is 6.42 Å². The molecular formula is C14H21N3O3S. The Morgan fingerprint density at radius 3 is 2.52 bits per heavy atom. The van der Waals surface area contributed by atoms with Crippen LogP contribution in [0.1, 0.15) is 23.7 Å². The molecule has 2 rings (SSSR count). The van der Waals surface area contributed by atoms with Crippen LogP contribution in [-0.2, 0) is 10.0 Å². The van der Waals surface area contributed by atoms with Crippen molar-refractivity contribution in [1.82, 2.24) is 4.90 Å². The summed E-state index contributed by atoms with van der Waals surface area (Å²) >= 11 is 0. The van der Waals surface area contributed by atoms with Gasteiger partial charge in [0.1, 0.15) is 4.90 Å². The number of likely N-dealkylation sites (tertiary alicyclic amines) is 1. The first kappa shape index (κ1) is 15.8. The Kier molecular flexibility index (Phi) is 4.25. The summed E-state index contributed by atoms with van der Waals surface area (Å²) in [6, 6.07) is 4.64. The molecule has 0 spiro atoms. The van der Waals surface area contributed by atoms with Crippen molar-refractivity contribution in [1.29, 1.82) is 0 Å². The lowest BCUT2D eigenvalue weighted by atomic mass is 10.1. The van der Waals surface area contributed by atoms with Crippen molar-refractivity contribution in [2.24, 2.45) is 11.1 Å². The van der Waals surface area contributed by atoms with Gasteiger partial charge < -0.3 is 9.80 Å². The SMILES string of the molecule is CC1CCN(C(=O)c2ccc(N(C)C)c(S(N)(=O)=O)c2)C1. The molecule has 1 saturated heterocycles. The van der Waals surface area contributed by atoms with Gasteiger partial charge in [-0.05, 0) is 30.5 Å². The number of hydrogen-bond donors (Lipinski definition) is 1. The molecule has 116 valence electrons. The van der Waals surface area contributed by atoms with Gasteiger partial charge in [0.15, 0.2) is 0 Å². The van der Waals surface area contributed by atoms with Crippen molar-refractivity contribution in [3.8, 4) is 0 Å². The second-order valence-electron chi connectivity index (χ2n) is 5.77. The summed E-state index contributed by atoms with van der Waals surface area (Å²) in [6.07, 6.45) is 0.976. The van der Waals surface area contributed by atoms with Gasteiger partial charge in [-0.1, -0.05) is 6.92 Å². The van der Waals surface area contributed by atoms with Crippen molar-refractivity contribution in [2.75, 3.05) is 32.1 Å². The molecule has 1 fully saturated rings. The van der Waals surface area contributed by atoms with Gasteiger partial charge >= 0.3 is 0 Å². The summed E-state index contributed by atoms with van der Waals surface area (Å²) < 4.78 is 23.5. The monoisotopic (exact) mass is 311 g/mol. The van der Waals surface area contributed by atoms with Crippen LogP contribution in [0.4, 0.5) is 5.69 Å². The Labute approximate surface area is 125 Å². The standard InChI is InChI=1S/C14H21N3O3S/c1-10-6-7-17(9-10)14(18)11-4-5-12(16(2)3)13(8-11)21(15,19)20/h4-5,8,10H,6-7,9H2,1-3H3,(H2,15,19,20). The fourth-order valence-corrected chi connectivity index (χ4v) is 3.38. The molecule has 1 aliphatic rings. The number of nitrogens with two attached hydrogens (primary N) is 1. The Balaban J connectivity index is 2.40. The summed E-state index contributed by atoms with van der Waals surface area (Å²) in [4.78, 5) is 15.8. The fraction of sp³-hybridized carbons (Fsp3) is 0.500. The van der Waals surface area contributed by atoms with Crippen LogP contribution in [0.25, 0.3) is 0 Å². The molecule has 0 bridgehead atoms. The number of hydrogen-bond acceptors (Lipinski definition) is 4. The predicted octanol–water partition coefficient (Wildman–Crippen LogP) is 0.882. The highest BCUT2D eigenvalue weighted by atomic mass is 32.2. The van der Waals surface area contributed by atoms with Crippen molar-refractivity contribution in [3.63, 3.8) is 0 Å². The fourth-order valence-electron chi connectivity index (χ4n) is 2.55. The third kappa shape index (κ3) is 3.36. The third-order valence-electron chi connectivity index (χ3n) is 3.71. The maximum atomic E-state index is 12.4. The van der Waals surface area contributed by atoms with E-state index < -0.39 is 10.0 Å². The van der Waals surface area contributed by atoms with E-state index in [0.29, 0.717) is 30.3 Å².